The summed E-state index contributed by atoms with van der Waals surface area (Å²) >= 11 is 1.25. The molecule has 2 amide bonds. The van der Waals surface area contributed by atoms with E-state index in [1.165, 1.54) is 52.6 Å². The summed E-state index contributed by atoms with van der Waals surface area (Å²) in [5, 5.41) is 0.486. The average Bonchev–Trinajstić information content (AvgIpc) is 3.31. The number of carbonyl (C=O) groups excluding carboxylic acids is 2. The van der Waals surface area contributed by atoms with E-state index in [9.17, 15) is 18.4 Å². The van der Waals surface area contributed by atoms with Crippen LogP contribution < -0.4 is 9.80 Å². The number of amides is 2. The molecule has 4 rings (SSSR count). The number of nitrogens with zero attached hydrogens (tertiary/aromatic N) is 4. The summed E-state index contributed by atoms with van der Waals surface area (Å²) in [7, 11) is 3.82. The van der Waals surface area contributed by atoms with Gasteiger partial charge in [0, 0.05) is 31.7 Å². The number of fused-ring (bicyclic) bond motifs is 1. The molecule has 1 aliphatic rings. The SMILES string of the molecule is CN(C)CCN(C(=O)C1CC(=O)N(c2ccc(F)cc2)C1)c1nc2ccc(F)cc2s1.Cl. The molecular formula is C22H23ClF2N4O2S. The van der Waals surface area contributed by atoms with Crippen molar-refractivity contribution < 1.29 is 18.4 Å². The lowest BCUT2D eigenvalue weighted by atomic mass is 10.1. The molecule has 0 radical (unpaired) electrons. The minimum Gasteiger partial charge on any atom is -0.312 e. The molecule has 6 nitrogen and oxygen atoms in total. The van der Waals surface area contributed by atoms with Crippen LogP contribution in [-0.2, 0) is 9.59 Å². The summed E-state index contributed by atoms with van der Waals surface area (Å²) in [5.41, 5.74) is 1.19. The third kappa shape index (κ3) is 5.06. The summed E-state index contributed by atoms with van der Waals surface area (Å²) in [4.78, 5) is 35.6. The van der Waals surface area contributed by atoms with Crippen LogP contribution in [0.4, 0.5) is 19.6 Å². The van der Waals surface area contributed by atoms with E-state index in [1.807, 2.05) is 19.0 Å². The summed E-state index contributed by atoms with van der Waals surface area (Å²) in [6.45, 7) is 1.23. The highest BCUT2D eigenvalue weighted by molar-refractivity contribution is 7.22. The van der Waals surface area contributed by atoms with Gasteiger partial charge >= 0.3 is 0 Å². The van der Waals surface area contributed by atoms with Gasteiger partial charge in [0.1, 0.15) is 11.6 Å². The molecule has 1 unspecified atom stereocenters. The highest BCUT2D eigenvalue weighted by Crippen LogP contribution is 2.32. The van der Waals surface area contributed by atoms with E-state index in [0.717, 1.165) is 0 Å². The monoisotopic (exact) mass is 480 g/mol. The fourth-order valence-corrected chi connectivity index (χ4v) is 4.59. The maximum atomic E-state index is 13.6. The van der Waals surface area contributed by atoms with E-state index in [4.69, 9.17) is 0 Å². The zero-order valence-corrected chi connectivity index (χ0v) is 19.3. The summed E-state index contributed by atoms with van der Waals surface area (Å²) in [5.74, 6) is -1.65. The van der Waals surface area contributed by atoms with Crippen LogP contribution in [0.5, 0.6) is 0 Å². The molecule has 170 valence electrons. The van der Waals surface area contributed by atoms with Gasteiger partial charge < -0.3 is 9.80 Å². The molecule has 1 atom stereocenters. The van der Waals surface area contributed by atoms with Gasteiger partial charge in [0.2, 0.25) is 11.8 Å². The molecule has 10 heteroatoms. The second kappa shape index (κ2) is 9.89. The van der Waals surface area contributed by atoms with Crippen LogP contribution in [0.3, 0.4) is 0 Å². The quantitative estimate of drug-likeness (QED) is 0.536. The predicted octanol–water partition coefficient (Wildman–Crippen LogP) is 3.94. The van der Waals surface area contributed by atoms with Crippen LogP contribution in [0, 0.1) is 17.6 Å². The number of thiazole rings is 1. The van der Waals surface area contributed by atoms with Crippen LogP contribution >= 0.6 is 23.7 Å². The van der Waals surface area contributed by atoms with Gasteiger partial charge in [-0.25, -0.2) is 13.8 Å². The molecule has 0 N–H and O–H groups in total. The van der Waals surface area contributed by atoms with E-state index in [0.29, 0.717) is 34.1 Å². The van der Waals surface area contributed by atoms with Crippen molar-refractivity contribution in [2.45, 2.75) is 6.42 Å². The number of hydrogen-bond donors (Lipinski definition) is 0. The average molecular weight is 481 g/mol. The number of hydrogen-bond acceptors (Lipinski definition) is 5. The number of benzene rings is 2. The molecular weight excluding hydrogens is 458 g/mol. The molecule has 2 heterocycles. The van der Waals surface area contributed by atoms with E-state index >= 15 is 0 Å². The lowest BCUT2D eigenvalue weighted by Gasteiger charge is -2.24. The van der Waals surface area contributed by atoms with Crippen molar-refractivity contribution in [1.82, 2.24) is 9.88 Å². The van der Waals surface area contributed by atoms with Crippen molar-refractivity contribution in [2.75, 3.05) is 43.5 Å². The Bertz CT molecular complexity index is 1120. The number of halogens is 3. The van der Waals surface area contributed by atoms with Gasteiger partial charge in [-0.05, 0) is 56.6 Å². The summed E-state index contributed by atoms with van der Waals surface area (Å²) in [6.07, 6.45) is 0.0776. The van der Waals surface area contributed by atoms with E-state index in [1.54, 1.807) is 11.0 Å². The Balaban J connectivity index is 0.00000289. The van der Waals surface area contributed by atoms with Gasteiger partial charge in [0.15, 0.2) is 5.13 Å². The van der Waals surface area contributed by atoms with Gasteiger partial charge in [-0.15, -0.1) is 12.4 Å². The van der Waals surface area contributed by atoms with Crippen LogP contribution in [0.15, 0.2) is 42.5 Å². The standard InChI is InChI=1S/C22H22F2N4O2S.ClH/c1-26(2)9-10-27(22-25-18-8-5-16(24)12-19(18)31-22)21(30)14-11-20(29)28(13-14)17-6-3-15(23)4-7-17;/h3-8,12,14H,9-11,13H2,1-2H3;1H. The second-order valence-corrected chi connectivity index (χ2v) is 8.79. The predicted molar refractivity (Wildman–Crippen MR) is 125 cm³/mol. The van der Waals surface area contributed by atoms with E-state index in [2.05, 4.69) is 4.98 Å². The maximum absolute atomic E-state index is 13.6. The minimum atomic E-state index is -0.538. The van der Waals surface area contributed by atoms with Crippen molar-refractivity contribution in [3.05, 3.63) is 54.1 Å². The van der Waals surface area contributed by atoms with Gasteiger partial charge in [-0.2, -0.15) is 0 Å². The normalized spacial score (nSPS) is 16.0. The minimum absolute atomic E-state index is 0. The first-order valence-corrected chi connectivity index (χ1v) is 10.7. The molecule has 0 saturated carbocycles. The maximum Gasteiger partial charge on any atom is 0.234 e. The molecule has 1 fully saturated rings. The first-order valence-electron chi connectivity index (χ1n) is 9.90. The number of carbonyl (C=O) groups is 2. The molecule has 0 bridgehead atoms. The number of rotatable bonds is 6. The summed E-state index contributed by atoms with van der Waals surface area (Å²) < 4.78 is 27.5. The van der Waals surface area contributed by atoms with Crippen LogP contribution in [0.1, 0.15) is 6.42 Å². The molecule has 0 spiro atoms. The highest BCUT2D eigenvalue weighted by atomic mass is 35.5. The Morgan fingerprint density at radius 1 is 1.12 bits per heavy atom. The Morgan fingerprint density at radius 2 is 1.81 bits per heavy atom. The second-order valence-electron chi connectivity index (χ2n) is 7.78. The Hall–Kier alpha value is -2.62. The Labute approximate surface area is 194 Å². The first-order chi connectivity index (χ1) is 14.8. The number of anilines is 2. The smallest absolute Gasteiger partial charge is 0.234 e. The molecule has 2 aromatic carbocycles. The van der Waals surface area contributed by atoms with Crippen molar-refractivity contribution >= 4 is 56.6 Å². The van der Waals surface area contributed by atoms with Crippen LogP contribution in [0.25, 0.3) is 10.2 Å². The zero-order chi connectivity index (χ0) is 22.1. The topological polar surface area (TPSA) is 56.8 Å². The van der Waals surface area contributed by atoms with Gasteiger partial charge in [0.05, 0.1) is 16.1 Å². The van der Waals surface area contributed by atoms with Crippen LogP contribution in [-0.4, -0.2) is 55.4 Å². The largest absolute Gasteiger partial charge is 0.312 e. The number of likely N-dealkylation sites (N-methyl/N-ethyl adjacent to an activating group) is 1. The molecule has 3 aromatic rings. The molecule has 1 aliphatic heterocycles. The zero-order valence-electron chi connectivity index (χ0n) is 17.6. The van der Waals surface area contributed by atoms with Crippen molar-refractivity contribution in [3.63, 3.8) is 0 Å². The van der Waals surface area contributed by atoms with Gasteiger partial charge in [0.25, 0.3) is 0 Å². The van der Waals surface area contributed by atoms with Gasteiger partial charge in [-0.1, -0.05) is 11.3 Å². The number of aromatic nitrogens is 1. The van der Waals surface area contributed by atoms with E-state index < -0.39 is 5.92 Å². The van der Waals surface area contributed by atoms with Gasteiger partial charge in [-0.3, -0.25) is 14.5 Å². The lowest BCUT2D eigenvalue weighted by molar-refractivity contribution is -0.124. The lowest BCUT2D eigenvalue weighted by Crippen LogP contribution is -2.41. The third-order valence-corrected chi connectivity index (χ3v) is 6.26. The van der Waals surface area contributed by atoms with Crippen molar-refractivity contribution in [2.24, 2.45) is 5.92 Å². The molecule has 1 aromatic heterocycles. The Morgan fingerprint density at radius 3 is 2.50 bits per heavy atom. The highest BCUT2D eigenvalue weighted by Gasteiger charge is 2.38. The summed E-state index contributed by atoms with van der Waals surface area (Å²) in [6, 6.07) is 9.99. The third-order valence-electron chi connectivity index (χ3n) is 5.22. The molecule has 1 saturated heterocycles. The van der Waals surface area contributed by atoms with Crippen molar-refractivity contribution in [3.8, 4) is 0 Å². The fraction of sp³-hybridized carbons (Fsp3) is 0.318. The van der Waals surface area contributed by atoms with Crippen LogP contribution in [0.2, 0.25) is 0 Å². The fourth-order valence-electron chi connectivity index (χ4n) is 3.57. The van der Waals surface area contributed by atoms with Crippen molar-refractivity contribution in [1.29, 1.82) is 0 Å². The Kier molecular flexibility index (Phi) is 7.43. The molecule has 32 heavy (non-hydrogen) atoms. The molecule has 0 aliphatic carbocycles. The van der Waals surface area contributed by atoms with E-state index in [-0.39, 0.29) is 48.8 Å². The first kappa shape index (κ1) is 24.0.